The van der Waals surface area contributed by atoms with Crippen LogP contribution in [0.25, 0.3) is 0 Å². The van der Waals surface area contributed by atoms with Gasteiger partial charge >= 0.3 is 0 Å². The summed E-state index contributed by atoms with van der Waals surface area (Å²) >= 11 is 3.59. The fourth-order valence-electron chi connectivity index (χ4n) is 1.93. The van der Waals surface area contributed by atoms with Crippen LogP contribution < -0.4 is 0 Å². The van der Waals surface area contributed by atoms with E-state index in [-0.39, 0.29) is 5.91 Å². The molecule has 0 saturated carbocycles. The normalized spacial score (nSPS) is 17.5. The summed E-state index contributed by atoms with van der Waals surface area (Å²) in [6.45, 7) is 3.55. The highest BCUT2D eigenvalue weighted by Gasteiger charge is 2.23. The maximum absolute atomic E-state index is 12.2. The van der Waals surface area contributed by atoms with Gasteiger partial charge in [-0.3, -0.25) is 9.78 Å². The third-order valence-electron chi connectivity index (χ3n) is 2.95. The van der Waals surface area contributed by atoms with E-state index in [1.807, 2.05) is 24.0 Å². The Kier molecular flexibility index (Phi) is 3.59. The van der Waals surface area contributed by atoms with Gasteiger partial charge in [0.05, 0.1) is 5.56 Å². The monoisotopic (exact) mass is 282 g/mol. The van der Waals surface area contributed by atoms with E-state index in [0.29, 0.717) is 4.83 Å². The van der Waals surface area contributed by atoms with E-state index in [2.05, 4.69) is 20.9 Å². The van der Waals surface area contributed by atoms with Gasteiger partial charge in [-0.1, -0.05) is 15.9 Å². The Morgan fingerprint density at radius 3 is 2.81 bits per heavy atom. The van der Waals surface area contributed by atoms with Gasteiger partial charge in [-0.25, -0.2) is 0 Å². The summed E-state index contributed by atoms with van der Waals surface area (Å²) in [6.07, 6.45) is 3.78. The van der Waals surface area contributed by atoms with Crippen LogP contribution in [-0.2, 0) is 0 Å². The highest BCUT2D eigenvalue weighted by Crippen LogP contribution is 2.19. The van der Waals surface area contributed by atoms with E-state index in [9.17, 15) is 4.79 Å². The Morgan fingerprint density at radius 2 is 2.19 bits per heavy atom. The maximum Gasteiger partial charge on any atom is 0.255 e. The molecule has 0 aromatic carbocycles. The number of carbonyl (C=O) groups is 1. The number of aryl methyl sites for hydroxylation is 1. The zero-order valence-electron chi connectivity index (χ0n) is 9.32. The number of halogens is 1. The Labute approximate surface area is 104 Å². The number of carbonyl (C=O) groups excluding carboxylic acids is 1. The van der Waals surface area contributed by atoms with Gasteiger partial charge in [-0.05, 0) is 31.9 Å². The van der Waals surface area contributed by atoms with Crippen molar-refractivity contribution in [1.82, 2.24) is 9.88 Å². The molecule has 0 atom stereocenters. The van der Waals surface area contributed by atoms with E-state index in [1.165, 1.54) is 0 Å². The summed E-state index contributed by atoms with van der Waals surface area (Å²) in [5.74, 6) is 0.116. The number of amides is 1. The molecule has 2 heterocycles. The summed E-state index contributed by atoms with van der Waals surface area (Å²) < 4.78 is 0. The van der Waals surface area contributed by atoms with Crippen LogP contribution in [0, 0.1) is 6.92 Å². The maximum atomic E-state index is 12.2. The number of aromatic nitrogens is 1. The fraction of sp³-hybridized carbons (Fsp3) is 0.500. The predicted molar refractivity (Wildman–Crippen MR) is 66.8 cm³/mol. The Balaban J connectivity index is 2.11. The molecule has 86 valence electrons. The minimum absolute atomic E-state index is 0.116. The number of pyridine rings is 1. The van der Waals surface area contributed by atoms with Crippen molar-refractivity contribution in [2.24, 2.45) is 0 Å². The third-order valence-corrected chi connectivity index (χ3v) is 3.86. The van der Waals surface area contributed by atoms with Crippen molar-refractivity contribution in [1.29, 1.82) is 0 Å². The second-order valence-electron chi connectivity index (χ2n) is 4.10. The lowest BCUT2D eigenvalue weighted by atomic mass is 10.1. The number of likely N-dealkylation sites (tertiary alicyclic amines) is 1. The standard InChI is InChI=1S/C12H15BrN2O/c1-9-11(3-2-6-14-9)12(16)15-7-4-10(13)5-8-15/h2-3,6,10H,4-5,7-8H2,1H3. The molecule has 0 spiro atoms. The van der Waals surface area contributed by atoms with Crippen LogP contribution in [0.1, 0.15) is 28.9 Å². The van der Waals surface area contributed by atoms with Crippen molar-refractivity contribution < 1.29 is 4.79 Å². The lowest BCUT2D eigenvalue weighted by Crippen LogP contribution is -2.39. The van der Waals surface area contributed by atoms with Gasteiger partial charge in [-0.15, -0.1) is 0 Å². The van der Waals surface area contributed by atoms with Gasteiger partial charge in [0.1, 0.15) is 0 Å². The van der Waals surface area contributed by atoms with E-state index in [0.717, 1.165) is 37.2 Å². The average molecular weight is 283 g/mol. The lowest BCUT2D eigenvalue weighted by molar-refractivity contribution is 0.0727. The van der Waals surface area contributed by atoms with Crippen molar-refractivity contribution >= 4 is 21.8 Å². The van der Waals surface area contributed by atoms with Crippen LogP contribution in [-0.4, -0.2) is 33.7 Å². The second kappa shape index (κ2) is 4.95. The quantitative estimate of drug-likeness (QED) is 0.741. The highest BCUT2D eigenvalue weighted by molar-refractivity contribution is 9.09. The molecule has 3 nitrogen and oxygen atoms in total. The van der Waals surface area contributed by atoms with Gasteiger partial charge in [0, 0.05) is 29.8 Å². The smallest absolute Gasteiger partial charge is 0.255 e. The predicted octanol–water partition coefficient (Wildman–Crippen LogP) is 2.39. The number of piperidine rings is 1. The van der Waals surface area contributed by atoms with Crippen LogP contribution in [0.2, 0.25) is 0 Å². The van der Waals surface area contributed by atoms with Crippen molar-refractivity contribution in [3.63, 3.8) is 0 Å². The molecule has 0 radical (unpaired) electrons. The first-order valence-electron chi connectivity index (χ1n) is 5.53. The number of hydrogen-bond donors (Lipinski definition) is 0. The summed E-state index contributed by atoms with van der Waals surface area (Å²) in [5, 5.41) is 0. The highest BCUT2D eigenvalue weighted by atomic mass is 79.9. The van der Waals surface area contributed by atoms with Crippen LogP contribution in [0.3, 0.4) is 0 Å². The molecule has 16 heavy (non-hydrogen) atoms. The first-order chi connectivity index (χ1) is 7.68. The topological polar surface area (TPSA) is 33.2 Å². The molecular weight excluding hydrogens is 268 g/mol. The first-order valence-corrected chi connectivity index (χ1v) is 6.45. The lowest BCUT2D eigenvalue weighted by Gasteiger charge is -2.29. The van der Waals surface area contributed by atoms with Crippen LogP contribution >= 0.6 is 15.9 Å². The van der Waals surface area contributed by atoms with Crippen LogP contribution in [0.15, 0.2) is 18.3 Å². The molecule has 0 unspecified atom stereocenters. The van der Waals surface area contributed by atoms with Crippen molar-refractivity contribution in [2.75, 3.05) is 13.1 Å². The Bertz CT molecular complexity index is 386. The molecule has 1 fully saturated rings. The number of hydrogen-bond acceptors (Lipinski definition) is 2. The van der Waals surface area contributed by atoms with E-state index in [4.69, 9.17) is 0 Å². The summed E-state index contributed by atoms with van der Waals surface area (Å²) in [7, 11) is 0. The van der Waals surface area contributed by atoms with Crippen molar-refractivity contribution in [3.8, 4) is 0 Å². The molecule has 1 aliphatic rings. The first kappa shape index (κ1) is 11.6. The Morgan fingerprint density at radius 1 is 1.50 bits per heavy atom. The van der Waals surface area contributed by atoms with Crippen LogP contribution in [0.4, 0.5) is 0 Å². The van der Waals surface area contributed by atoms with Gasteiger partial charge in [0.2, 0.25) is 0 Å². The largest absolute Gasteiger partial charge is 0.339 e. The number of nitrogens with zero attached hydrogens (tertiary/aromatic N) is 2. The minimum Gasteiger partial charge on any atom is -0.339 e. The average Bonchev–Trinajstić information content (AvgIpc) is 2.30. The molecule has 1 aromatic heterocycles. The Hall–Kier alpha value is -0.900. The van der Waals surface area contributed by atoms with Gasteiger partial charge in [0.25, 0.3) is 5.91 Å². The number of rotatable bonds is 1. The number of alkyl halides is 1. The van der Waals surface area contributed by atoms with Crippen LogP contribution in [0.5, 0.6) is 0 Å². The molecule has 1 amide bonds. The zero-order valence-corrected chi connectivity index (χ0v) is 10.9. The minimum atomic E-state index is 0.116. The second-order valence-corrected chi connectivity index (χ2v) is 5.40. The zero-order chi connectivity index (χ0) is 11.5. The summed E-state index contributed by atoms with van der Waals surface area (Å²) in [6, 6.07) is 3.67. The molecule has 0 bridgehead atoms. The fourth-order valence-corrected chi connectivity index (χ4v) is 2.34. The molecule has 1 aliphatic heterocycles. The molecular formula is C12H15BrN2O. The molecule has 2 rings (SSSR count). The molecule has 1 saturated heterocycles. The van der Waals surface area contributed by atoms with E-state index >= 15 is 0 Å². The van der Waals surface area contributed by atoms with E-state index in [1.54, 1.807) is 6.20 Å². The van der Waals surface area contributed by atoms with E-state index < -0.39 is 0 Å². The van der Waals surface area contributed by atoms with Gasteiger partial charge in [0.15, 0.2) is 0 Å². The third kappa shape index (κ3) is 2.43. The van der Waals surface area contributed by atoms with Gasteiger partial charge in [-0.2, -0.15) is 0 Å². The molecule has 0 aliphatic carbocycles. The molecule has 1 aromatic rings. The van der Waals surface area contributed by atoms with Crippen molar-refractivity contribution in [2.45, 2.75) is 24.6 Å². The molecule has 0 N–H and O–H groups in total. The van der Waals surface area contributed by atoms with Crippen molar-refractivity contribution in [3.05, 3.63) is 29.6 Å². The summed E-state index contributed by atoms with van der Waals surface area (Å²) in [4.78, 5) is 18.8. The summed E-state index contributed by atoms with van der Waals surface area (Å²) in [5.41, 5.74) is 1.55. The SMILES string of the molecule is Cc1ncccc1C(=O)N1CCC(Br)CC1. The van der Waals surface area contributed by atoms with Gasteiger partial charge < -0.3 is 4.90 Å². The molecule has 4 heteroatoms.